The summed E-state index contributed by atoms with van der Waals surface area (Å²) in [4.78, 5) is 16.3. The number of carbonyl (C=O) groups excluding carboxylic acids is 1. The van der Waals surface area contributed by atoms with E-state index >= 15 is 0 Å². The first-order chi connectivity index (χ1) is 9.00. The summed E-state index contributed by atoms with van der Waals surface area (Å²) in [5.74, 6) is -2.05. The molecule has 3 nitrogen and oxygen atoms in total. The minimum atomic E-state index is -0.787. The maximum absolute atomic E-state index is 13.7. The molecular formula is C14H18F2N2O. The highest BCUT2D eigenvalue weighted by molar-refractivity contribution is 6.00. The molecule has 1 aliphatic rings. The minimum absolute atomic E-state index is 0.422. The van der Waals surface area contributed by atoms with Crippen molar-refractivity contribution in [2.24, 2.45) is 0 Å². The highest BCUT2D eigenvalue weighted by Crippen LogP contribution is 2.18. The highest BCUT2D eigenvalue weighted by atomic mass is 19.1. The molecule has 1 fully saturated rings. The molecule has 1 aromatic carbocycles. The van der Waals surface area contributed by atoms with E-state index in [1.807, 2.05) is 23.9 Å². The van der Waals surface area contributed by atoms with Gasteiger partial charge in [0.15, 0.2) is 5.78 Å². The maximum Gasteiger partial charge on any atom is 0.187 e. The smallest absolute Gasteiger partial charge is 0.187 e. The predicted molar refractivity (Wildman–Crippen MR) is 69.2 cm³/mol. The quantitative estimate of drug-likeness (QED) is 0.764. The zero-order valence-corrected chi connectivity index (χ0v) is 11.2. The van der Waals surface area contributed by atoms with Gasteiger partial charge in [-0.15, -0.1) is 0 Å². The molecule has 1 saturated heterocycles. The summed E-state index contributed by atoms with van der Waals surface area (Å²) in [5, 5.41) is 0. The van der Waals surface area contributed by atoms with Gasteiger partial charge in [-0.3, -0.25) is 9.69 Å². The lowest BCUT2D eigenvalue weighted by molar-refractivity contribution is 0.0830. The number of halogens is 2. The fourth-order valence-electron chi connectivity index (χ4n) is 2.45. The Labute approximate surface area is 111 Å². The summed E-state index contributed by atoms with van der Waals surface area (Å²) in [7, 11) is 3.73. The third kappa shape index (κ3) is 2.98. The van der Waals surface area contributed by atoms with E-state index in [2.05, 4.69) is 0 Å². The van der Waals surface area contributed by atoms with Gasteiger partial charge in [0.2, 0.25) is 0 Å². The summed E-state index contributed by atoms with van der Waals surface area (Å²) < 4.78 is 27.4. The minimum Gasteiger partial charge on any atom is -0.304 e. The molecule has 1 atom stereocenters. The van der Waals surface area contributed by atoms with E-state index in [4.69, 9.17) is 0 Å². The predicted octanol–water partition coefficient (Wildman–Crippen LogP) is 1.78. The Morgan fingerprint density at radius 1 is 1.21 bits per heavy atom. The van der Waals surface area contributed by atoms with Crippen LogP contribution in [0.2, 0.25) is 0 Å². The second-order valence-electron chi connectivity index (χ2n) is 5.07. The van der Waals surface area contributed by atoms with Crippen LogP contribution in [0.1, 0.15) is 16.8 Å². The average Bonchev–Trinajstić information content (AvgIpc) is 2.51. The lowest BCUT2D eigenvalue weighted by Crippen LogP contribution is -2.44. The van der Waals surface area contributed by atoms with Crippen molar-refractivity contribution >= 4 is 5.78 Å². The number of likely N-dealkylation sites (N-methyl/N-ethyl adjacent to an activating group) is 2. The fraction of sp³-hybridized carbons (Fsp3) is 0.500. The van der Waals surface area contributed by atoms with E-state index < -0.39 is 29.0 Å². The zero-order chi connectivity index (χ0) is 14.0. The maximum atomic E-state index is 13.7. The van der Waals surface area contributed by atoms with Gasteiger partial charge in [-0.2, -0.15) is 0 Å². The summed E-state index contributed by atoms with van der Waals surface area (Å²) in [5.41, 5.74) is -0.422. The topological polar surface area (TPSA) is 23.6 Å². The molecule has 2 rings (SSSR count). The molecule has 0 spiro atoms. The van der Waals surface area contributed by atoms with Crippen molar-refractivity contribution in [3.8, 4) is 0 Å². The molecule has 0 saturated carbocycles. The second-order valence-corrected chi connectivity index (χ2v) is 5.07. The monoisotopic (exact) mass is 268 g/mol. The first-order valence-corrected chi connectivity index (χ1v) is 6.37. The summed E-state index contributed by atoms with van der Waals surface area (Å²) in [6, 6.07) is 3.01. The van der Waals surface area contributed by atoms with Crippen molar-refractivity contribution in [2.45, 2.75) is 12.5 Å². The summed E-state index contributed by atoms with van der Waals surface area (Å²) in [6.07, 6.45) is 0.941. The first kappa shape index (κ1) is 14.1. The van der Waals surface area contributed by atoms with Crippen molar-refractivity contribution in [2.75, 3.05) is 33.7 Å². The van der Waals surface area contributed by atoms with Gasteiger partial charge in [-0.25, -0.2) is 8.78 Å². The van der Waals surface area contributed by atoms with Crippen molar-refractivity contribution in [1.29, 1.82) is 0 Å². The van der Waals surface area contributed by atoms with Crippen LogP contribution in [0.25, 0.3) is 0 Å². The van der Waals surface area contributed by atoms with E-state index in [0.717, 1.165) is 31.6 Å². The molecule has 0 N–H and O–H groups in total. The SMILES string of the molecule is CN1CCCN(C)C(C(=O)c2c(F)cccc2F)C1. The Bertz CT molecular complexity index is 458. The molecule has 1 unspecified atom stereocenters. The standard InChI is InChI=1S/C14H18F2N2O/c1-17-7-4-8-18(2)12(9-17)14(19)13-10(15)5-3-6-11(13)16/h3,5-6,12H,4,7-9H2,1-2H3. The van der Waals surface area contributed by atoms with Crippen LogP contribution in [0.5, 0.6) is 0 Å². The zero-order valence-electron chi connectivity index (χ0n) is 11.2. The lowest BCUT2D eigenvalue weighted by Gasteiger charge is -2.26. The van der Waals surface area contributed by atoms with Crippen LogP contribution in [0, 0.1) is 11.6 Å². The van der Waals surface area contributed by atoms with Gasteiger partial charge in [0.05, 0.1) is 11.6 Å². The van der Waals surface area contributed by atoms with Crippen molar-refractivity contribution in [3.05, 3.63) is 35.4 Å². The molecule has 104 valence electrons. The molecule has 0 bridgehead atoms. The first-order valence-electron chi connectivity index (χ1n) is 6.37. The van der Waals surface area contributed by atoms with Crippen LogP contribution >= 0.6 is 0 Å². The van der Waals surface area contributed by atoms with Gasteiger partial charge in [-0.1, -0.05) is 6.07 Å². The molecule has 19 heavy (non-hydrogen) atoms. The Kier molecular flexibility index (Phi) is 4.27. The second kappa shape index (κ2) is 5.75. The number of Topliss-reactive ketones (excluding diaryl/α,β-unsaturated/α-hetero) is 1. The highest BCUT2D eigenvalue weighted by Gasteiger charge is 2.31. The number of rotatable bonds is 2. The number of hydrogen-bond donors (Lipinski definition) is 0. The van der Waals surface area contributed by atoms with E-state index in [0.29, 0.717) is 6.54 Å². The van der Waals surface area contributed by atoms with Crippen LogP contribution in [-0.2, 0) is 0 Å². The van der Waals surface area contributed by atoms with Crippen LogP contribution in [0.3, 0.4) is 0 Å². The Morgan fingerprint density at radius 2 is 1.84 bits per heavy atom. The number of hydrogen-bond acceptors (Lipinski definition) is 3. The van der Waals surface area contributed by atoms with Crippen molar-refractivity contribution in [3.63, 3.8) is 0 Å². The van der Waals surface area contributed by atoms with Crippen molar-refractivity contribution in [1.82, 2.24) is 9.80 Å². The number of ketones is 1. The van der Waals surface area contributed by atoms with Crippen molar-refractivity contribution < 1.29 is 13.6 Å². The summed E-state index contributed by atoms with van der Waals surface area (Å²) >= 11 is 0. The lowest BCUT2D eigenvalue weighted by atomic mass is 10.0. The number of nitrogens with zero attached hydrogens (tertiary/aromatic N) is 2. The third-order valence-corrected chi connectivity index (χ3v) is 3.58. The molecule has 1 aliphatic heterocycles. The molecule has 0 aromatic heterocycles. The van der Waals surface area contributed by atoms with Crippen LogP contribution in [0.15, 0.2) is 18.2 Å². The molecule has 0 aliphatic carbocycles. The number of benzene rings is 1. The average molecular weight is 268 g/mol. The normalized spacial score (nSPS) is 22.2. The molecule has 1 aromatic rings. The van der Waals surface area contributed by atoms with Gasteiger partial charge >= 0.3 is 0 Å². The van der Waals surface area contributed by atoms with Crippen LogP contribution in [0.4, 0.5) is 8.78 Å². The van der Waals surface area contributed by atoms with E-state index in [1.165, 1.54) is 6.07 Å². The summed E-state index contributed by atoms with van der Waals surface area (Å²) in [6.45, 7) is 2.12. The van der Waals surface area contributed by atoms with Gasteiger partial charge in [0, 0.05) is 6.54 Å². The van der Waals surface area contributed by atoms with Crippen LogP contribution < -0.4 is 0 Å². The van der Waals surface area contributed by atoms with Gasteiger partial charge in [0.25, 0.3) is 0 Å². The van der Waals surface area contributed by atoms with Gasteiger partial charge in [0.1, 0.15) is 11.6 Å². The number of carbonyl (C=O) groups is 1. The molecule has 1 heterocycles. The Hall–Kier alpha value is -1.33. The third-order valence-electron chi connectivity index (χ3n) is 3.58. The molecule has 0 amide bonds. The molecule has 5 heteroatoms. The Morgan fingerprint density at radius 3 is 2.47 bits per heavy atom. The van der Waals surface area contributed by atoms with E-state index in [1.54, 1.807) is 0 Å². The Balaban J connectivity index is 2.31. The van der Waals surface area contributed by atoms with E-state index in [-0.39, 0.29) is 0 Å². The van der Waals surface area contributed by atoms with Gasteiger partial charge < -0.3 is 4.90 Å². The van der Waals surface area contributed by atoms with Gasteiger partial charge in [-0.05, 0) is 45.7 Å². The molecule has 0 radical (unpaired) electrons. The largest absolute Gasteiger partial charge is 0.304 e. The van der Waals surface area contributed by atoms with E-state index in [9.17, 15) is 13.6 Å². The fourth-order valence-corrected chi connectivity index (χ4v) is 2.45. The molecular weight excluding hydrogens is 250 g/mol. The van der Waals surface area contributed by atoms with Crippen LogP contribution in [-0.4, -0.2) is 55.4 Å².